The van der Waals surface area contributed by atoms with Crippen LogP contribution in [0.2, 0.25) is 0 Å². The van der Waals surface area contributed by atoms with E-state index in [0.717, 1.165) is 23.7 Å². The third-order valence-corrected chi connectivity index (χ3v) is 2.91. The molecule has 86 valence electrons. The van der Waals surface area contributed by atoms with Gasteiger partial charge in [0.15, 0.2) is 5.82 Å². The zero-order valence-electron chi connectivity index (χ0n) is 9.95. The van der Waals surface area contributed by atoms with E-state index in [9.17, 15) is 4.79 Å². The normalized spacial score (nSPS) is 20.1. The molecular formula is C12H17N3O. The number of hydrogen-bond acceptors (Lipinski definition) is 3. The molecule has 0 fully saturated rings. The van der Waals surface area contributed by atoms with Gasteiger partial charge in [-0.3, -0.25) is 4.79 Å². The molecule has 4 heteroatoms. The largest absolute Gasteiger partial charge is 0.352 e. The van der Waals surface area contributed by atoms with E-state index in [2.05, 4.69) is 29.0 Å². The molecule has 1 aromatic heterocycles. The maximum atomic E-state index is 11.6. The van der Waals surface area contributed by atoms with Crippen molar-refractivity contribution in [2.75, 3.05) is 16.8 Å². The van der Waals surface area contributed by atoms with Gasteiger partial charge in [0.2, 0.25) is 5.91 Å². The SMILES string of the molecule is CCN1c2nc(C)ccc2NC(=O)CC1C. The summed E-state index contributed by atoms with van der Waals surface area (Å²) in [5, 5.41) is 2.90. The van der Waals surface area contributed by atoms with E-state index in [4.69, 9.17) is 0 Å². The highest BCUT2D eigenvalue weighted by Gasteiger charge is 2.24. The lowest BCUT2D eigenvalue weighted by molar-refractivity contribution is -0.116. The summed E-state index contributed by atoms with van der Waals surface area (Å²) in [5.41, 5.74) is 1.79. The van der Waals surface area contributed by atoms with Crippen molar-refractivity contribution in [2.24, 2.45) is 0 Å². The van der Waals surface area contributed by atoms with Gasteiger partial charge < -0.3 is 10.2 Å². The second-order valence-electron chi connectivity index (χ2n) is 4.21. The minimum atomic E-state index is 0.0651. The molecule has 16 heavy (non-hydrogen) atoms. The van der Waals surface area contributed by atoms with Gasteiger partial charge in [-0.1, -0.05) is 0 Å². The number of anilines is 2. The van der Waals surface area contributed by atoms with Crippen LogP contribution >= 0.6 is 0 Å². The highest BCUT2D eigenvalue weighted by Crippen LogP contribution is 2.29. The van der Waals surface area contributed by atoms with Gasteiger partial charge in [0.05, 0.1) is 5.69 Å². The lowest BCUT2D eigenvalue weighted by Crippen LogP contribution is -2.33. The fraction of sp³-hybridized carbons (Fsp3) is 0.500. The van der Waals surface area contributed by atoms with Crippen molar-refractivity contribution < 1.29 is 4.79 Å². The van der Waals surface area contributed by atoms with Crippen molar-refractivity contribution in [1.82, 2.24) is 4.98 Å². The summed E-state index contributed by atoms with van der Waals surface area (Å²) in [6, 6.07) is 4.04. The number of nitrogens with zero attached hydrogens (tertiary/aromatic N) is 2. The molecule has 1 N–H and O–H groups in total. The summed E-state index contributed by atoms with van der Waals surface area (Å²) in [5.74, 6) is 0.955. The number of aryl methyl sites for hydroxylation is 1. The number of amides is 1. The zero-order valence-corrected chi connectivity index (χ0v) is 9.95. The Hall–Kier alpha value is -1.58. The highest BCUT2D eigenvalue weighted by atomic mass is 16.1. The van der Waals surface area contributed by atoms with E-state index in [0.29, 0.717) is 6.42 Å². The van der Waals surface area contributed by atoms with Gasteiger partial charge in [-0.25, -0.2) is 4.98 Å². The Kier molecular flexibility index (Phi) is 2.81. The number of pyridine rings is 1. The molecule has 4 nitrogen and oxygen atoms in total. The summed E-state index contributed by atoms with van der Waals surface area (Å²) in [6.45, 7) is 6.97. The van der Waals surface area contributed by atoms with Gasteiger partial charge >= 0.3 is 0 Å². The molecule has 0 radical (unpaired) electrons. The molecule has 1 aromatic rings. The molecule has 1 amide bonds. The Balaban J connectivity index is 2.50. The van der Waals surface area contributed by atoms with Crippen LogP contribution in [0, 0.1) is 6.92 Å². The highest BCUT2D eigenvalue weighted by molar-refractivity contribution is 5.95. The van der Waals surface area contributed by atoms with Gasteiger partial charge in [0.25, 0.3) is 0 Å². The molecule has 1 aliphatic heterocycles. The van der Waals surface area contributed by atoms with Crippen LogP contribution in [0.3, 0.4) is 0 Å². The standard InChI is InChI=1S/C12H17N3O/c1-4-15-9(3)7-11(16)14-10-6-5-8(2)13-12(10)15/h5-6,9H,4,7H2,1-3H3,(H,14,16). The Bertz CT molecular complexity index is 417. The molecule has 0 bridgehead atoms. The fourth-order valence-electron chi connectivity index (χ4n) is 2.11. The number of carbonyl (C=O) groups excluding carboxylic acids is 1. The average molecular weight is 219 g/mol. The number of fused-ring (bicyclic) bond motifs is 1. The molecule has 2 rings (SSSR count). The molecule has 0 saturated heterocycles. The van der Waals surface area contributed by atoms with E-state index in [1.54, 1.807) is 0 Å². The van der Waals surface area contributed by atoms with Crippen molar-refractivity contribution in [1.29, 1.82) is 0 Å². The van der Waals surface area contributed by atoms with Crippen LogP contribution in [-0.2, 0) is 4.79 Å². The van der Waals surface area contributed by atoms with Crippen molar-refractivity contribution in [3.05, 3.63) is 17.8 Å². The molecule has 2 heterocycles. The molecule has 1 aliphatic rings. The van der Waals surface area contributed by atoms with Crippen molar-refractivity contribution in [3.63, 3.8) is 0 Å². The number of nitrogens with one attached hydrogen (secondary N) is 1. The summed E-state index contributed by atoms with van der Waals surface area (Å²) in [7, 11) is 0. The number of carbonyl (C=O) groups is 1. The summed E-state index contributed by atoms with van der Waals surface area (Å²) in [6.07, 6.45) is 0.517. The molecule has 0 saturated carbocycles. The predicted molar refractivity (Wildman–Crippen MR) is 64.7 cm³/mol. The number of aromatic nitrogens is 1. The minimum absolute atomic E-state index is 0.0651. The van der Waals surface area contributed by atoms with Crippen LogP contribution in [0.15, 0.2) is 12.1 Å². The molecule has 0 aliphatic carbocycles. The first kappa shape index (κ1) is 10.9. The first-order valence-corrected chi connectivity index (χ1v) is 5.66. The van der Waals surface area contributed by atoms with Crippen LogP contribution < -0.4 is 10.2 Å². The molecule has 0 spiro atoms. The van der Waals surface area contributed by atoms with Gasteiger partial charge in [-0.15, -0.1) is 0 Å². The summed E-state index contributed by atoms with van der Waals surface area (Å²) >= 11 is 0. The number of hydrogen-bond donors (Lipinski definition) is 1. The van der Waals surface area contributed by atoms with Crippen molar-refractivity contribution >= 4 is 17.4 Å². The van der Waals surface area contributed by atoms with E-state index in [1.165, 1.54) is 0 Å². The van der Waals surface area contributed by atoms with Gasteiger partial charge in [0.1, 0.15) is 0 Å². The first-order valence-electron chi connectivity index (χ1n) is 5.66. The Morgan fingerprint density at radius 2 is 2.31 bits per heavy atom. The van der Waals surface area contributed by atoms with Gasteiger partial charge in [0, 0.05) is 24.7 Å². The zero-order chi connectivity index (χ0) is 11.7. The smallest absolute Gasteiger partial charge is 0.226 e. The lowest BCUT2D eigenvalue weighted by Gasteiger charge is -2.27. The predicted octanol–water partition coefficient (Wildman–Crippen LogP) is 1.95. The minimum Gasteiger partial charge on any atom is -0.352 e. The monoisotopic (exact) mass is 219 g/mol. The second-order valence-corrected chi connectivity index (χ2v) is 4.21. The fourth-order valence-corrected chi connectivity index (χ4v) is 2.11. The van der Waals surface area contributed by atoms with Crippen LogP contribution in [-0.4, -0.2) is 23.5 Å². The van der Waals surface area contributed by atoms with Crippen molar-refractivity contribution in [2.45, 2.75) is 33.2 Å². The maximum absolute atomic E-state index is 11.6. The summed E-state index contributed by atoms with van der Waals surface area (Å²) < 4.78 is 0. The Labute approximate surface area is 95.7 Å². The van der Waals surface area contributed by atoms with Gasteiger partial charge in [-0.05, 0) is 32.9 Å². The maximum Gasteiger partial charge on any atom is 0.226 e. The molecular weight excluding hydrogens is 202 g/mol. The topological polar surface area (TPSA) is 45.2 Å². The Morgan fingerprint density at radius 1 is 1.56 bits per heavy atom. The molecule has 1 atom stereocenters. The first-order chi connectivity index (χ1) is 7.61. The average Bonchev–Trinajstić information content (AvgIpc) is 2.33. The number of rotatable bonds is 1. The van der Waals surface area contributed by atoms with Crippen LogP contribution in [0.25, 0.3) is 0 Å². The van der Waals surface area contributed by atoms with E-state index >= 15 is 0 Å². The van der Waals surface area contributed by atoms with Crippen LogP contribution in [0.1, 0.15) is 26.0 Å². The summed E-state index contributed by atoms with van der Waals surface area (Å²) in [4.78, 5) is 18.3. The van der Waals surface area contributed by atoms with E-state index < -0.39 is 0 Å². The molecule has 0 aromatic carbocycles. The third kappa shape index (κ3) is 1.87. The molecule has 1 unspecified atom stereocenters. The second kappa shape index (κ2) is 4.12. The van der Waals surface area contributed by atoms with Gasteiger partial charge in [-0.2, -0.15) is 0 Å². The van der Waals surface area contributed by atoms with E-state index in [-0.39, 0.29) is 11.9 Å². The van der Waals surface area contributed by atoms with Crippen LogP contribution in [0.5, 0.6) is 0 Å². The van der Waals surface area contributed by atoms with E-state index in [1.807, 2.05) is 19.1 Å². The quantitative estimate of drug-likeness (QED) is 0.785. The lowest BCUT2D eigenvalue weighted by atomic mass is 10.2. The van der Waals surface area contributed by atoms with Crippen LogP contribution in [0.4, 0.5) is 11.5 Å². The van der Waals surface area contributed by atoms with Crippen molar-refractivity contribution in [3.8, 4) is 0 Å². The Morgan fingerprint density at radius 3 is 3.00 bits per heavy atom. The third-order valence-electron chi connectivity index (χ3n) is 2.91.